The molecule has 7 nitrogen and oxygen atoms in total. The Bertz CT molecular complexity index is 964. The number of nitrogens with one attached hydrogen (secondary N) is 2. The number of anilines is 1. The number of nitrogens with zero attached hydrogens (tertiary/aromatic N) is 1. The summed E-state index contributed by atoms with van der Waals surface area (Å²) in [6.45, 7) is 0. The maximum Gasteiger partial charge on any atom is 0.270 e. The van der Waals surface area contributed by atoms with Gasteiger partial charge in [-0.1, -0.05) is 18.2 Å². The summed E-state index contributed by atoms with van der Waals surface area (Å²) >= 11 is 0. The highest BCUT2D eigenvalue weighted by atomic mass is 16.6. The first-order valence-corrected chi connectivity index (χ1v) is 8.60. The first kappa shape index (κ1) is 16.8. The molecule has 0 aromatic heterocycles. The van der Waals surface area contributed by atoms with Crippen molar-refractivity contribution in [3.8, 4) is 5.75 Å². The Kier molecular flexibility index (Phi) is 4.33. The van der Waals surface area contributed by atoms with Gasteiger partial charge in [0.2, 0.25) is 0 Å². The van der Waals surface area contributed by atoms with Crippen LogP contribution in [0.15, 0.2) is 66.5 Å². The zero-order valence-corrected chi connectivity index (χ0v) is 14.3. The normalized spacial score (nSPS) is 18.0. The molecule has 1 aliphatic heterocycles. The van der Waals surface area contributed by atoms with Crippen molar-refractivity contribution in [2.75, 3.05) is 5.32 Å². The molecule has 0 saturated heterocycles. The molecule has 0 bridgehead atoms. The van der Waals surface area contributed by atoms with Gasteiger partial charge >= 0.3 is 0 Å². The van der Waals surface area contributed by atoms with E-state index in [0.717, 1.165) is 29.9 Å². The lowest BCUT2D eigenvalue weighted by molar-refractivity contribution is -0.384. The van der Waals surface area contributed by atoms with Gasteiger partial charge in [-0.15, -0.1) is 0 Å². The predicted molar refractivity (Wildman–Crippen MR) is 100 cm³/mol. The van der Waals surface area contributed by atoms with Crippen molar-refractivity contribution in [3.63, 3.8) is 0 Å². The Morgan fingerprint density at radius 2 is 1.89 bits per heavy atom. The van der Waals surface area contributed by atoms with Crippen molar-refractivity contribution in [1.82, 2.24) is 5.32 Å². The highest BCUT2D eigenvalue weighted by molar-refractivity contribution is 6.02. The number of amides is 1. The molecule has 2 aliphatic rings. The van der Waals surface area contributed by atoms with Crippen LogP contribution in [0.25, 0.3) is 0 Å². The van der Waals surface area contributed by atoms with E-state index >= 15 is 0 Å². The van der Waals surface area contributed by atoms with Gasteiger partial charge in [0.1, 0.15) is 17.7 Å². The van der Waals surface area contributed by atoms with Gasteiger partial charge in [0.25, 0.3) is 11.6 Å². The molecule has 1 aliphatic carbocycles. The summed E-state index contributed by atoms with van der Waals surface area (Å²) in [5.41, 5.74) is 1.56. The zero-order valence-electron chi connectivity index (χ0n) is 14.3. The van der Waals surface area contributed by atoms with Crippen molar-refractivity contribution >= 4 is 17.3 Å². The fourth-order valence-corrected chi connectivity index (χ4v) is 3.06. The number of ether oxygens (including phenoxy) is 1. The summed E-state index contributed by atoms with van der Waals surface area (Å²) in [7, 11) is 0. The molecule has 0 fully saturated rings. The predicted octanol–water partition coefficient (Wildman–Crippen LogP) is 4.06. The van der Waals surface area contributed by atoms with Crippen LogP contribution in [0.1, 0.15) is 34.9 Å². The number of fused-ring (bicyclic) bond motifs is 1. The minimum atomic E-state index is -0.519. The number of allylic oxidation sites excluding steroid dienone is 3. The largest absolute Gasteiger partial charge is 0.458 e. The number of non-ortho nitro benzene ring substituents is 1. The highest BCUT2D eigenvalue weighted by Gasteiger charge is 2.26. The average Bonchev–Trinajstić information content (AvgIpc) is 2.69. The number of nitro benzene ring substituents is 1. The average molecular weight is 363 g/mol. The fourth-order valence-electron chi connectivity index (χ4n) is 3.06. The van der Waals surface area contributed by atoms with Gasteiger partial charge < -0.3 is 15.4 Å². The molecule has 1 amide bonds. The molecule has 4 rings (SSSR count). The van der Waals surface area contributed by atoms with Gasteiger partial charge in [-0.25, -0.2) is 0 Å². The van der Waals surface area contributed by atoms with Crippen molar-refractivity contribution in [1.29, 1.82) is 0 Å². The number of hydrogen-bond acceptors (Lipinski definition) is 5. The minimum Gasteiger partial charge on any atom is -0.458 e. The maximum atomic E-state index is 12.4. The molecule has 7 heteroatoms. The van der Waals surface area contributed by atoms with Gasteiger partial charge in [-0.3, -0.25) is 14.9 Å². The van der Waals surface area contributed by atoms with Gasteiger partial charge in [0.05, 0.1) is 10.5 Å². The highest BCUT2D eigenvalue weighted by Crippen LogP contribution is 2.30. The van der Waals surface area contributed by atoms with E-state index in [2.05, 4.69) is 16.7 Å². The Morgan fingerprint density at radius 1 is 1.07 bits per heavy atom. The third kappa shape index (κ3) is 3.52. The van der Waals surface area contributed by atoms with E-state index in [1.165, 1.54) is 12.1 Å². The molecule has 0 radical (unpaired) electrons. The molecule has 0 saturated carbocycles. The van der Waals surface area contributed by atoms with Crippen LogP contribution in [0, 0.1) is 10.1 Å². The quantitative estimate of drug-likeness (QED) is 0.631. The number of benzene rings is 2. The molecule has 1 unspecified atom stereocenters. The second-order valence-electron chi connectivity index (χ2n) is 6.30. The summed E-state index contributed by atoms with van der Waals surface area (Å²) in [5.74, 6) is 1.19. The lowest BCUT2D eigenvalue weighted by Gasteiger charge is -2.28. The molecular weight excluding hydrogens is 346 g/mol. The van der Waals surface area contributed by atoms with E-state index in [0.29, 0.717) is 5.69 Å². The van der Waals surface area contributed by atoms with Crippen molar-refractivity contribution < 1.29 is 14.5 Å². The summed E-state index contributed by atoms with van der Waals surface area (Å²) in [4.78, 5) is 22.7. The molecule has 2 aromatic rings. The Labute approximate surface area is 155 Å². The van der Waals surface area contributed by atoms with Crippen LogP contribution in [0.2, 0.25) is 0 Å². The van der Waals surface area contributed by atoms with E-state index in [1.807, 2.05) is 36.4 Å². The Balaban J connectivity index is 1.51. The van der Waals surface area contributed by atoms with E-state index in [1.54, 1.807) is 6.07 Å². The van der Waals surface area contributed by atoms with Crippen LogP contribution < -0.4 is 15.4 Å². The third-order valence-corrected chi connectivity index (χ3v) is 4.44. The van der Waals surface area contributed by atoms with Crippen molar-refractivity contribution in [2.45, 2.75) is 19.0 Å². The Morgan fingerprint density at radius 3 is 2.59 bits per heavy atom. The first-order valence-electron chi connectivity index (χ1n) is 8.60. The molecule has 1 atom stereocenters. The number of carbonyl (C=O) groups excluding carboxylic acids is 1. The fraction of sp³-hybridized carbons (Fsp3) is 0.150. The standard InChI is InChI=1S/C20H17N3O4/c24-20-17-12-14(23(25)26)8-11-18(17)21-19(22-20)13-6-9-16(10-7-13)27-15-4-2-1-3-5-15/h2,4-12,19,21H,1,3H2,(H,22,24). The van der Waals surface area contributed by atoms with Crippen molar-refractivity contribution in [3.05, 3.63) is 87.7 Å². The van der Waals surface area contributed by atoms with Gasteiger partial charge in [0, 0.05) is 17.8 Å². The summed E-state index contributed by atoms with van der Waals surface area (Å²) in [6.07, 6.45) is 7.66. The molecule has 0 spiro atoms. The summed E-state index contributed by atoms with van der Waals surface area (Å²) in [5, 5.41) is 16.9. The molecular formula is C20H17N3O4. The number of carbonyl (C=O) groups is 1. The smallest absolute Gasteiger partial charge is 0.270 e. The molecule has 136 valence electrons. The van der Waals surface area contributed by atoms with E-state index in [-0.39, 0.29) is 17.2 Å². The van der Waals surface area contributed by atoms with E-state index in [9.17, 15) is 14.9 Å². The van der Waals surface area contributed by atoms with Crippen LogP contribution in [-0.4, -0.2) is 10.8 Å². The summed E-state index contributed by atoms with van der Waals surface area (Å²) < 4.78 is 5.81. The summed E-state index contributed by atoms with van der Waals surface area (Å²) in [6, 6.07) is 11.6. The van der Waals surface area contributed by atoms with Crippen LogP contribution in [0.5, 0.6) is 5.75 Å². The second-order valence-corrected chi connectivity index (χ2v) is 6.30. The van der Waals surface area contributed by atoms with Crippen LogP contribution in [0.4, 0.5) is 11.4 Å². The molecule has 1 heterocycles. The lowest BCUT2D eigenvalue weighted by Crippen LogP contribution is -2.38. The maximum absolute atomic E-state index is 12.4. The number of rotatable bonds is 4. The van der Waals surface area contributed by atoms with Crippen molar-refractivity contribution in [2.24, 2.45) is 0 Å². The lowest BCUT2D eigenvalue weighted by atomic mass is 10.0. The second kappa shape index (κ2) is 6.95. The Hall–Kier alpha value is -3.61. The van der Waals surface area contributed by atoms with E-state index < -0.39 is 11.1 Å². The number of hydrogen-bond donors (Lipinski definition) is 2. The SMILES string of the molecule is O=C1NC(c2ccc(OC3=CCCC=C3)cc2)Nc2ccc([N+](=O)[O-])cc21. The molecule has 27 heavy (non-hydrogen) atoms. The zero-order chi connectivity index (χ0) is 18.8. The molecule has 2 aromatic carbocycles. The van der Waals surface area contributed by atoms with Gasteiger partial charge in [-0.2, -0.15) is 0 Å². The van der Waals surface area contributed by atoms with Gasteiger partial charge in [0.15, 0.2) is 0 Å². The van der Waals surface area contributed by atoms with Crippen LogP contribution >= 0.6 is 0 Å². The molecule has 2 N–H and O–H groups in total. The van der Waals surface area contributed by atoms with Crippen LogP contribution in [0.3, 0.4) is 0 Å². The minimum absolute atomic E-state index is 0.114. The number of nitro groups is 1. The topological polar surface area (TPSA) is 93.5 Å². The van der Waals surface area contributed by atoms with Gasteiger partial charge in [-0.05, 0) is 48.8 Å². The third-order valence-electron chi connectivity index (χ3n) is 4.44. The van der Waals surface area contributed by atoms with Crippen LogP contribution in [-0.2, 0) is 0 Å². The van der Waals surface area contributed by atoms with E-state index in [4.69, 9.17) is 4.74 Å². The monoisotopic (exact) mass is 363 g/mol. The first-order chi connectivity index (χ1) is 13.1.